The molecular weight excluding hydrogens is 400 g/mol. The van der Waals surface area contributed by atoms with E-state index in [0.717, 1.165) is 50.3 Å². The monoisotopic (exact) mass is 430 g/mol. The van der Waals surface area contributed by atoms with E-state index in [1.165, 1.54) is 11.9 Å². The van der Waals surface area contributed by atoms with Crippen molar-refractivity contribution < 1.29 is 9.53 Å². The maximum absolute atomic E-state index is 12.5. The summed E-state index contributed by atoms with van der Waals surface area (Å²) in [5.41, 5.74) is 2.78. The lowest BCUT2D eigenvalue weighted by Crippen LogP contribution is -2.39. The van der Waals surface area contributed by atoms with E-state index in [1.807, 2.05) is 31.2 Å². The van der Waals surface area contributed by atoms with Gasteiger partial charge in [0.05, 0.1) is 11.7 Å². The van der Waals surface area contributed by atoms with Crippen molar-refractivity contribution in [2.45, 2.75) is 38.3 Å². The largest absolute Gasteiger partial charge is 0.490 e. The Balaban J connectivity index is 1.21. The lowest BCUT2D eigenvalue weighted by atomic mass is 10.1. The molecule has 4 rings (SSSR count). The van der Waals surface area contributed by atoms with Gasteiger partial charge in [-0.1, -0.05) is 30.3 Å². The highest BCUT2D eigenvalue weighted by Gasteiger charge is 2.20. The molecule has 1 atom stereocenters. The lowest BCUT2D eigenvalue weighted by molar-refractivity contribution is 0.0938. The van der Waals surface area contributed by atoms with E-state index in [4.69, 9.17) is 4.74 Å². The molecule has 0 spiro atoms. The molecule has 0 saturated carbocycles. The van der Waals surface area contributed by atoms with Crippen LogP contribution in [-0.2, 0) is 6.42 Å². The first kappa shape index (κ1) is 22.0. The van der Waals surface area contributed by atoms with Gasteiger partial charge in [0.1, 0.15) is 18.2 Å². The molecule has 6 nitrogen and oxygen atoms in total. The van der Waals surface area contributed by atoms with Crippen LogP contribution in [0.1, 0.15) is 47.4 Å². The summed E-state index contributed by atoms with van der Waals surface area (Å²) in [6, 6.07) is 19.6. The topological polar surface area (TPSA) is 67.3 Å². The van der Waals surface area contributed by atoms with Gasteiger partial charge in [-0.15, -0.1) is 0 Å². The lowest BCUT2D eigenvalue weighted by Gasteiger charge is -2.32. The number of ether oxygens (including phenoxy) is 1. The van der Waals surface area contributed by atoms with Crippen LogP contribution >= 0.6 is 0 Å². The predicted octanol–water partition coefficient (Wildman–Crippen LogP) is 4.05. The molecule has 166 valence electrons. The van der Waals surface area contributed by atoms with Crippen LogP contribution in [0.2, 0.25) is 0 Å². The second-order valence-corrected chi connectivity index (χ2v) is 8.25. The minimum atomic E-state index is -0.187. The Kier molecular flexibility index (Phi) is 7.46. The highest BCUT2D eigenvalue weighted by molar-refractivity contribution is 5.94. The Morgan fingerprint density at radius 2 is 1.84 bits per heavy atom. The molecule has 2 heterocycles. The Morgan fingerprint density at radius 1 is 1.09 bits per heavy atom. The van der Waals surface area contributed by atoms with Gasteiger partial charge >= 0.3 is 0 Å². The van der Waals surface area contributed by atoms with E-state index in [2.05, 4.69) is 50.5 Å². The maximum atomic E-state index is 12.5. The third-order valence-corrected chi connectivity index (χ3v) is 5.91. The van der Waals surface area contributed by atoms with Crippen molar-refractivity contribution in [2.75, 3.05) is 19.6 Å². The number of rotatable bonds is 8. The zero-order chi connectivity index (χ0) is 22.2. The van der Waals surface area contributed by atoms with Crippen LogP contribution < -0.4 is 10.1 Å². The number of carbonyl (C=O) groups is 1. The van der Waals surface area contributed by atoms with E-state index in [9.17, 15) is 4.79 Å². The average molecular weight is 431 g/mol. The molecule has 6 heteroatoms. The van der Waals surface area contributed by atoms with Crippen LogP contribution in [0.3, 0.4) is 0 Å². The van der Waals surface area contributed by atoms with Crippen molar-refractivity contribution in [3.63, 3.8) is 0 Å². The maximum Gasteiger partial charge on any atom is 0.251 e. The van der Waals surface area contributed by atoms with Crippen LogP contribution in [0.25, 0.3) is 0 Å². The first-order valence-corrected chi connectivity index (χ1v) is 11.3. The molecule has 0 bridgehead atoms. The minimum absolute atomic E-state index is 0.130. The minimum Gasteiger partial charge on any atom is -0.490 e. The third kappa shape index (κ3) is 6.14. The molecule has 3 aromatic rings. The normalized spacial score (nSPS) is 15.8. The Morgan fingerprint density at radius 3 is 2.53 bits per heavy atom. The molecule has 2 aromatic carbocycles. The molecule has 0 radical (unpaired) electrons. The fraction of sp³-hybridized carbons (Fsp3) is 0.346. The summed E-state index contributed by atoms with van der Waals surface area (Å²) < 4.78 is 6.18. The van der Waals surface area contributed by atoms with E-state index in [1.54, 1.807) is 12.3 Å². The zero-order valence-electron chi connectivity index (χ0n) is 18.5. The molecule has 1 saturated heterocycles. The predicted molar refractivity (Wildman–Crippen MR) is 125 cm³/mol. The summed E-state index contributed by atoms with van der Waals surface area (Å²) in [4.78, 5) is 23.1. The standard InChI is InChI=1S/C26H30N4O2/c1-20(25-11-15-27-19-28-25)29-26(31)22-7-9-23(10-8-22)32-24-13-17-30(18-14-24)16-12-21-5-3-2-4-6-21/h2-11,15,19-20,24H,12-14,16-18H2,1H3,(H,29,31). The van der Waals surface area contributed by atoms with Gasteiger partial charge in [0.2, 0.25) is 0 Å². The van der Waals surface area contributed by atoms with Gasteiger partial charge in [-0.25, -0.2) is 9.97 Å². The summed E-state index contributed by atoms with van der Waals surface area (Å²) >= 11 is 0. The highest BCUT2D eigenvalue weighted by atomic mass is 16.5. The van der Waals surface area contributed by atoms with Crippen LogP contribution in [0.4, 0.5) is 0 Å². The van der Waals surface area contributed by atoms with E-state index in [0.29, 0.717) is 5.56 Å². The summed E-state index contributed by atoms with van der Waals surface area (Å²) in [7, 11) is 0. The van der Waals surface area contributed by atoms with Crippen LogP contribution in [0.5, 0.6) is 5.75 Å². The molecule has 0 aliphatic carbocycles. The smallest absolute Gasteiger partial charge is 0.251 e. The number of hydrogen-bond donors (Lipinski definition) is 1. The van der Waals surface area contributed by atoms with Crippen LogP contribution in [0.15, 0.2) is 73.2 Å². The van der Waals surface area contributed by atoms with E-state index >= 15 is 0 Å². The van der Waals surface area contributed by atoms with Gasteiger partial charge in [-0.2, -0.15) is 0 Å². The number of amides is 1. The number of benzene rings is 2. The number of hydrogen-bond acceptors (Lipinski definition) is 5. The van der Waals surface area contributed by atoms with Crippen molar-refractivity contribution in [3.8, 4) is 5.75 Å². The van der Waals surface area contributed by atoms with Crippen LogP contribution in [-0.4, -0.2) is 46.5 Å². The van der Waals surface area contributed by atoms with Gasteiger partial charge in [0.15, 0.2) is 0 Å². The highest BCUT2D eigenvalue weighted by Crippen LogP contribution is 2.20. The van der Waals surface area contributed by atoms with Crippen LogP contribution in [0, 0.1) is 0 Å². The van der Waals surface area contributed by atoms with Crippen molar-refractivity contribution in [1.82, 2.24) is 20.2 Å². The second kappa shape index (κ2) is 10.9. The van der Waals surface area contributed by atoms with Crippen molar-refractivity contribution >= 4 is 5.91 Å². The molecule has 1 N–H and O–H groups in total. The summed E-state index contributed by atoms with van der Waals surface area (Å²) in [6.45, 7) is 5.11. The first-order chi connectivity index (χ1) is 15.7. The van der Waals surface area contributed by atoms with E-state index in [-0.39, 0.29) is 18.1 Å². The molecule has 1 aliphatic heterocycles. The SMILES string of the molecule is CC(NC(=O)c1ccc(OC2CCN(CCc3ccccc3)CC2)cc1)c1ccncn1. The van der Waals surface area contributed by atoms with Crippen molar-refractivity contribution in [3.05, 3.63) is 90.0 Å². The summed E-state index contributed by atoms with van der Waals surface area (Å²) in [5.74, 6) is 0.683. The van der Waals surface area contributed by atoms with Gasteiger partial charge in [-0.05, 0) is 62.1 Å². The molecule has 1 aliphatic rings. The Hall–Kier alpha value is -3.25. The number of aromatic nitrogens is 2. The van der Waals surface area contributed by atoms with Crippen molar-refractivity contribution in [2.24, 2.45) is 0 Å². The molecule has 1 fully saturated rings. The van der Waals surface area contributed by atoms with Gasteiger partial charge < -0.3 is 15.0 Å². The number of likely N-dealkylation sites (tertiary alicyclic amines) is 1. The van der Waals surface area contributed by atoms with Gasteiger partial charge in [0, 0.05) is 31.4 Å². The average Bonchev–Trinajstić information content (AvgIpc) is 2.85. The number of piperidine rings is 1. The fourth-order valence-corrected chi connectivity index (χ4v) is 3.97. The number of carbonyl (C=O) groups excluding carboxylic acids is 1. The molecule has 32 heavy (non-hydrogen) atoms. The summed E-state index contributed by atoms with van der Waals surface area (Å²) in [5, 5.41) is 2.97. The molecular formula is C26H30N4O2. The Bertz CT molecular complexity index is 972. The second-order valence-electron chi connectivity index (χ2n) is 8.25. The fourth-order valence-electron chi connectivity index (χ4n) is 3.97. The quantitative estimate of drug-likeness (QED) is 0.584. The van der Waals surface area contributed by atoms with Gasteiger partial charge in [-0.3, -0.25) is 4.79 Å². The number of nitrogens with one attached hydrogen (secondary N) is 1. The third-order valence-electron chi connectivity index (χ3n) is 5.91. The Labute approximate surface area is 189 Å². The molecule has 1 amide bonds. The molecule has 1 unspecified atom stereocenters. The zero-order valence-corrected chi connectivity index (χ0v) is 18.5. The van der Waals surface area contributed by atoms with Crippen molar-refractivity contribution in [1.29, 1.82) is 0 Å². The molecule has 1 aromatic heterocycles. The van der Waals surface area contributed by atoms with E-state index < -0.39 is 0 Å². The summed E-state index contributed by atoms with van der Waals surface area (Å²) in [6.07, 6.45) is 6.51. The first-order valence-electron chi connectivity index (χ1n) is 11.3. The number of nitrogens with zero attached hydrogens (tertiary/aromatic N) is 3. The van der Waals surface area contributed by atoms with Gasteiger partial charge in [0.25, 0.3) is 5.91 Å².